The van der Waals surface area contributed by atoms with E-state index in [1.165, 1.54) is 11.1 Å². The summed E-state index contributed by atoms with van der Waals surface area (Å²) in [5.41, 5.74) is 4.96. The van der Waals surface area contributed by atoms with E-state index in [0.29, 0.717) is 6.61 Å². The maximum Gasteiger partial charge on any atom is 0.108 e. The first-order chi connectivity index (χ1) is 13.6. The van der Waals surface area contributed by atoms with Crippen molar-refractivity contribution in [1.82, 2.24) is 4.90 Å². The summed E-state index contributed by atoms with van der Waals surface area (Å²) >= 11 is 6.05. The van der Waals surface area contributed by atoms with Crippen LogP contribution in [-0.2, 0) is 11.2 Å². The Morgan fingerprint density at radius 1 is 0.821 bits per heavy atom. The molecule has 0 N–H and O–H groups in total. The predicted octanol–water partition coefficient (Wildman–Crippen LogP) is 5.93. The van der Waals surface area contributed by atoms with Crippen LogP contribution < -0.4 is 0 Å². The summed E-state index contributed by atoms with van der Waals surface area (Å²) in [6.07, 6.45) is 0.972. The minimum absolute atomic E-state index is 0.0797. The van der Waals surface area contributed by atoms with E-state index in [9.17, 15) is 0 Å². The smallest absolute Gasteiger partial charge is 0.108 e. The van der Waals surface area contributed by atoms with Crippen LogP contribution in [0.4, 0.5) is 0 Å². The molecule has 2 nitrogen and oxygen atoms in total. The van der Waals surface area contributed by atoms with Gasteiger partial charge in [0.25, 0.3) is 0 Å². The third-order valence-electron chi connectivity index (χ3n) is 4.94. The van der Waals surface area contributed by atoms with Gasteiger partial charge in [-0.1, -0.05) is 83.9 Å². The van der Waals surface area contributed by atoms with Crippen molar-refractivity contribution in [2.75, 3.05) is 26.7 Å². The lowest BCUT2D eigenvalue weighted by atomic mass is 10.0. The van der Waals surface area contributed by atoms with Crippen molar-refractivity contribution in [3.63, 3.8) is 0 Å². The van der Waals surface area contributed by atoms with Crippen molar-refractivity contribution < 1.29 is 4.74 Å². The lowest BCUT2D eigenvalue weighted by molar-refractivity contribution is 0.0649. The number of hydrogen-bond acceptors (Lipinski definition) is 2. The second-order valence-corrected chi connectivity index (χ2v) is 7.69. The van der Waals surface area contributed by atoms with Gasteiger partial charge < -0.3 is 9.64 Å². The van der Waals surface area contributed by atoms with Gasteiger partial charge in [0.2, 0.25) is 0 Å². The second-order valence-electron chi connectivity index (χ2n) is 7.25. The van der Waals surface area contributed by atoms with Crippen molar-refractivity contribution in [3.8, 4) is 0 Å². The Kier molecular flexibility index (Phi) is 7.67. The van der Waals surface area contributed by atoms with Crippen molar-refractivity contribution in [2.45, 2.75) is 19.4 Å². The molecule has 0 aliphatic carbocycles. The van der Waals surface area contributed by atoms with E-state index in [-0.39, 0.29) is 6.10 Å². The second kappa shape index (κ2) is 10.4. The molecule has 0 aliphatic heterocycles. The van der Waals surface area contributed by atoms with Crippen LogP contribution in [0.5, 0.6) is 0 Å². The number of halogens is 1. The summed E-state index contributed by atoms with van der Waals surface area (Å²) in [5, 5.41) is 0.742. The minimum Gasteiger partial charge on any atom is -0.367 e. The van der Waals surface area contributed by atoms with E-state index in [1.807, 2.05) is 30.3 Å². The van der Waals surface area contributed by atoms with E-state index in [0.717, 1.165) is 35.7 Å². The van der Waals surface area contributed by atoms with Crippen LogP contribution in [0.15, 0.2) is 78.9 Å². The molecule has 1 atom stereocenters. The summed E-state index contributed by atoms with van der Waals surface area (Å²) < 4.78 is 6.31. The molecule has 3 rings (SSSR count). The Morgan fingerprint density at radius 2 is 1.46 bits per heavy atom. The standard InChI is InChI=1S/C25H28ClNO/c1-20-8-10-21(11-9-20)16-17-27(2)18-19-28-25(22-6-4-3-5-7-22)23-12-14-24(26)15-13-23/h3-15,25H,16-19H2,1-2H3. The highest BCUT2D eigenvalue weighted by molar-refractivity contribution is 6.30. The van der Waals surface area contributed by atoms with Gasteiger partial charge in [-0.3, -0.25) is 0 Å². The zero-order valence-corrected chi connectivity index (χ0v) is 17.4. The van der Waals surface area contributed by atoms with Crippen molar-refractivity contribution in [3.05, 3.63) is 106 Å². The number of aryl methyl sites for hydroxylation is 1. The fraction of sp³-hybridized carbons (Fsp3) is 0.280. The van der Waals surface area contributed by atoms with Gasteiger partial charge in [0.15, 0.2) is 0 Å². The summed E-state index contributed by atoms with van der Waals surface area (Å²) in [4.78, 5) is 2.32. The van der Waals surface area contributed by atoms with E-state index >= 15 is 0 Å². The minimum atomic E-state index is -0.0797. The maximum atomic E-state index is 6.31. The van der Waals surface area contributed by atoms with Gasteiger partial charge in [0, 0.05) is 18.1 Å². The number of rotatable bonds is 9. The largest absolute Gasteiger partial charge is 0.367 e. The van der Waals surface area contributed by atoms with Gasteiger partial charge in [-0.25, -0.2) is 0 Å². The normalized spacial score (nSPS) is 12.3. The average molecular weight is 394 g/mol. The zero-order valence-electron chi connectivity index (χ0n) is 16.6. The quantitative estimate of drug-likeness (QED) is 0.446. The molecular weight excluding hydrogens is 366 g/mol. The third-order valence-corrected chi connectivity index (χ3v) is 5.19. The number of likely N-dealkylation sites (N-methyl/N-ethyl adjacent to an activating group) is 1. The van der Waals surface area contributed by atoms with E-state index in [4.69, 9.17) is 16.3 Å². The lowest BCUT2D eigenvalue weighted by Crippen LogP contribution is -2.26. The van der Waals surface area contributed by atoms with Crippen LogP contribution in [0.3, 0.4) is 0 Å². The molecule has 1 unspecified atom stereocenters. The summed E-state index contributed by atoms with van der Waals surface area (Å²) in [5.74, 6) is 0. The first-order valence-electron chi connectivity index (χ1n) is 9.78. The fourth-order valence-electron chi connectivity index (χ4n) is 3.16. The SMILES string of the molecule is Cc1ccc(CCN(C)CCOC(c2ccccc2)c2ccc(Cl)cc2)cc1. The number of ether oxygens (including phenoxy) is 1. The number of benzene rings is 3. The summed E-state index contributed by atoms with van der Waals surface area (Å²) in [7, 11) is 2.15. The Hall–Kier alpha value is -2.13. The van der Waals surface area contributed by atoms with Crippen molar-refractivity contribution >= 4 is 11.6 Å². The molecule has 0 saturated carbocycles. The Morgan fingerprint density at radius 3 is 2.14 bits per heavy atom. The molecule has 0 aliphatic rings. The summed E-state index contributed by atoms with van der Waals surface area (Å²) in [6, 6.07) is 27.1. The van der Waals surface area contributed by atoms with Gasteiger partial charge in [0.1, 0.15) is 6.10 Å². The Balaban J connectivity index is 1.54. The monoisotopic (exact) mass is 393 g/mol. The Labute approximate surface area is 173 Å². The maximum absolute atomic E-state index is 6.31. The molecule has 0 saturated heterocycles. The van der Waals surface area contributed by atoms with Crippen LogP contribution in [0.1, 0.15) is 28.4 Å². The van der Waals surface area contributed by atoms with Crippen LogP contribution in [0.25, 0.3) is 0 Å². The molecule has 28 heavy (non-hydrogen) atoms. The lowest BCUT2D eigenvalue weighted by Gasteiger charge is -2.22. The van der Waals surface area contributed by atoms with Gasteiger partial charge in [-0.2, -0.15) is 0 Å². The number of nitrogens with zero attached hydrogens (tertiary/aromatic N) is 1. The average Bonchev–Trinajstić information content (AvgIpc) is 2.72. The molecule has 146 valence electrons. The van der Waals surface area contributed by atoms with Gasteiger partial charge in [-0.05, 0) is 49.2 Å². The van der Waals surface area contributed by atoms with E-state index < -0.39 is 0 Å². The molecular formula is C25H28ClNO. The van der Waals surface area contributed by atoms with Crippen LogP contribution in [0.2, 0.25) is 5.02 Å². The molecule has 3 aromatic rings. The van der Waals surface area contributed by atoms with Gasteiger partial charge in [0.05, 0.1) is 6.61 Å². The van der Waals surface area contributed by atoms with Crippen LogP contribution in [0, 0.1) is 6.92 Å². The topological polar surface area (TPSA) is 12.5 Å². The van der Waals surface area contributed by atoms with Crippen LogP contribution >= 0.6 is 11.6 Å². The highest BCUT2D eigenvalue weighted by Crippen LogP contribution is 2.27. The highest BCUT2D eigenvalue weighted by atomic mass is 35.5. The first-order valence-corrected chi connectivity index (χ1v) is 10.2. The van der Waals surface area contributed by atoms with Crippen molar-refractivity contribution in [1.29, 1.82) is 0 Å². The molecule has 0 amide bonds. The predicted molar refractivity (Wildman–Crippen MR) is 118 cm³/mol. The first kappa shape index (κ1) is 20.6. The number of hydrogen-bond donors (Lipinski definition) is 0. The van der Waals surface area contributed by atoms with E-state index in [2.05, 4.69) is 67.4 Å². The molecule has 0 spiro atoms. The van der Waals surface area contributed by atoms with Gasteiger partial charge >= 0.3 is 0 Å². The molecule has 0 fully saturated rings. The summed E-state index contributed by atoms with van der Waals surface area (Å²) in [6.45, 7) is 4.70. The molecule has 0 radical (unpaired) electrons. The molecule has 3 aromatic carbocycles. The zero-order chi connectivity index (χ0) is 19.8. The Bertz CT molecular complexity index is 831. The van der Waals surface area contributed by atoms with Gasteiger partial charge in [-0.15, -0.1) is 0 Å². The third kappa shape index (κ3) is 6.20. The molecule has 3 heteroatoms. The fourth-order valence-corrected chi connectivity index (χ4v) is 3.29. The van der Waals surface area contributed by atoms with Crippen LogP contribution in [-0.4, -0.2) is 31.6 Å². The molecule has 0 bridgehead atoms. The van der Waals surface area contributed by atoms with E-state index in [1.54, 1.807) is 0 Å². The molecule has 0 aromatic heterocycles. The highest BCUT2D eigenvalue weighted by Gasteiger charge is 2.15. The van der Waals surface area contributed by atoms with Crippen molar-refractivity contribution in [2.24, 2.45) is 0 Å². The molecule has 0 heterocycles.